The number of rotatable bonds is 6. The molecular weight excluding hydrogens is 416 g/mol. The molecule has 1 N–H and O–H groups in total. The van der Waals surface area contributed by atoms with Crippen molar-refractivity contribution in [2.45, 2.75) is 9.79 Å². The van der Waals surface area contributed by atoms with Gasteiger partial charge in [-0.1, -0.05) is 46.8 Å². The Morgan fingerprint density at radius 3 is 2.21 bits per heavy atom. The molecule has 0 heterocycles. The van der Waals surface area contributed by atoms with Crippen molar-refractivity contribution >= 4 is 42.1 Å². The number of nitrogens with zero attached hydrogens (tertiary/aromatic N) is 1. The fourth-order valence-corrected chi connectivity index (χ4v) is 4.80. The van der Waals surface area contributed by atoms with Crippen molar-refractivity contribution in [2.24, 2.45) is 0 Å². The highest BCUT2D eigenvalue weighted by molar-refractivity contribution is 9.10. The minimum atomic E-state index is -4.07. The van der Waals surface area contributed by atoms with Crippen LogP contribution in [0.25, 0.3) is 6.08 Å². The highest BCUT2D eigenvalue weighted by Crippen LogP contribution is 2.20. The fourth-order valence-electron chi connectivity index (χ4n) is 1.92. The number of hydrogen-bond acceptors (Lipinski definition) is 4. The van der Waals surface area contributed by atoms with Crippen molar-refractivity contribution in [3.05, 3.63) is 65.1 Å². The van der Waals surface area contributed by atoms with Crippen LogP contribution < -0.4 is 4.83 Å². The molecule has 0 saturated heterocycles. The zero-order valence-electron chi connectivity index (χ0n) is 12.7. The second kappa shape index (κ2) is 7.16. The molecule has 0 aliphatic heterocycles. The Labute approximate surface area is 150 Å². The minimum absolute atomic E-state index is 0.0407. The summed E-state index contributed by atoms with van der Waals surface area (Å²) in [6.07, 6.45) is 1.39. The predicted octanol–water partition coefficient (Wildman–Crippen LogP) is 2.61. The van der Waals surface area contributed by atoms with Gasteiger partial charge in [-0.3, -0.25) is 0 Å². The smallest absolute Gasteiger partial charge is 0.206 e. The van der Waals surface area contributed by atoms with Crippen LogP contribution in [0.1, 0.15) is 5.56 Å². The van der Waals surface area contributed by atoms with Gasteiger partial charge < -0.3 is 0 Å². The van der Waals surface area contributed by atoms with Crippen molar-refractivity contribution in [3.63, 3.8) is 0 Å². The first kappa shape index (κ1) is 18.8. The lowest BCUT2D eigenvalue weighted by molar-refractivity contribution is 0.432. The van der Waals surface area contributed by atoms with E-state index in [4.69, 9.17) is 0 Å². The molecule has 9 heteroatoms. The largest absolute Gasteiger partial charge is 0.257 e. The van der Waals surface area contributed by atoms with Crippen LogP contribution in [0, 0.1) is 0 Å². The van der Waals surface area contributed by atoms with Crippen LogP contribution >= 0.6 is 15.9 Å². The molecule has 0 aromatic heterocycles. The Balaban J connectivity index is 2.36. The number of benzene rings is 2. The Bertz CT molecular complexity index is 955. The molecule has 0 amide bonds. The topological polar surface area (TPSA) is 83.6 Å². The molecule has 0 radical (unpaired) electrons. The monoisotopic (exact) mass is 430 g/mol. The van der Waals surface area contributed by atoms with Crippen molar-refractivity contribution in [1.82, 2.24) is 9.25 Å². The van der Waals surface area contributed by atoms with Crippen LogP contribution in [-0.2, 0) is 20.0 Å². The van der Waals surface area contributed by atoms with E-state index >= 15 is 0 Å². The van der Waals surface area contributed by atoms with E-state index in [0.717, 1.165) is 7.05 Å². The van der Waals surface area contributed by atoms with E-state index in [1.54, 1.807) is 30.3 Å². The molecule has 24 heavy (non-hydrogen) atoms. The van der Waals surface area contributed by atoms with Gasteiger partial charge in [-0.25, -0.2) is 16.8 Å². The van der Waals surface area contributed by atoms with E-state index in [1.165, 1.54) is 24.3 Å². The lowest BCUT2D eigenvalue weighted by atomic mass is 10.2. The van der Waals surface area contributed by atoms with Crippen LogP contribution in [0.5, 0.6) is 0 Å². The number of hydrazine groups is 1. The van der Waals surface area contributed by atoms with E-state index in [9.17, 15) is 16.8 Å². The highest BCUT2D eigenvalue weighted by Gasteiger charge is 2.27. The number of nitrogens with one attached hydrogen (secondary N) is 1. The Morgan fingerprint density at radius 1 is 1.04 bits per heavy atom. The molecule has 0 bridgehead atoms. The van der Waals surface area contributed by atoms with Gasteiger partial charge in [0.25, 0.3) is 20.0 Å². The summed E-state index contributed by atoms with van der Waals surface area (Å²) in [5.74, 6) is 0. The van der Waals surface area contributed by atoms with Gasteiger partial charge in [-0.15, -0.1) is 9.25 Å². The number of sulfonamides is 2. The molecule has 0 atom stereocenters. The van der Waals surface area contributed by atoms with Crippen LogP contribution in [0.3, 0.4) is 0 Å². The summed E-state index contributed by atoms with van der Waals surface area (Å²) in [7, 11) is -6.97. The second-order valence-corrected chi connectivity index (χ2v) is 9.28. The Morgan fingerprint density at radius 2 is 1.62 bits per heavy atom. The molecule has 0 fully saturated rings. The third kappa shape index (κ3) is 3.93. The quantitative estimate of drug-likeness (QED) is 0.713. The first-order valence-electron chi connectivity index (χ1n) is 6.67. The Kier molecular flexibility index (Phi) is 5.61. The summed E-state index contributed by atoms with van der Waals surface area (Å²) in [5.41, 5.74) is 0.382. The molecule has 0 aliphatic rings. The number of hydrogen-bond donors (Lipinski definition) is 1. The maximum absolute atomic E-state index is 12.6. The van der Waals surface area contributed by atoms with Crippen molar-refractivity contribution in [2.75, 3.05) is 7.05 Å². The first-order chi connectivity index (χ1) is 11.2. The van der Waals surface area contributed by atoms with Crippen LogP contribution in [-0.4, -0.2) is 28.3 Å². The molecular formula is C15H15BrN2O4S2. The van der Waals surface area contributed by atoms with Gasteiger partial charge in [0.2, 0.25) is 0 Å². The van der Waals surface area contributed by atoms with E-state index < -0.39 is 20.0 Å². The lowest BCUT2D eigenvalue weighted by Crippen LogP contribution is -2.43. The summed E-state index contributed by atoms with van der Waals surface area (Å²) in [5, 5.41) is 0. The normalized spacial score (nSPS) is 12.3. The predicted molar refractivity (Wildman–Crippen MR) is 95.9 cm³/mol. The highest BCUT2D eigenvalue weighted by atomic mass is 79.9. The average molecular weight is 431 g/mol. The summed E-state index contributed by atoms with van der Waals surface area (Å²) in [4.78, 5) is 1.96. The zero-order valence-corrected chi connectivity index (χ0v) is 15.9. The Hall–Kier alpha value is -1.52. The summed E-state index contributed by atoms with van der Waals surface area (Å²) in [6, 6.07) is 12.0. The van der Waals surface area contributed by atoms with Gasteiger partial charge in [0.1, 0.15) is 0 Å². The molecule has 0 aliphatic carbocycles. The van der Waals surface area contributed by atoms with Crippen LogP contribution in [0.15, 0.2) is 69.4 Å². The first-order valence-corrected chi connectivity index (χ1v) is 10.4. The third-order valence-electron chi connectivity index (χ3n) is 3.15. The molecule has 2 rings (SSSR count). The number of halogens is 1. The lowest BCUT2D eigenvalue weighted by Gasteiger charge is -2.19. The van der Waals surface area contributed by atoms with E-state index in [0.29, 0.717) is 14.5 Å². The van der Waals surface area contributed by atoms with Crippen molar-refractivity contribution in [1.29, 1.82) is 0 Å². The maximum atomic E-state index is 12.6. The molecule has 6 nitrogen and oxygen atoms in total. The van der Waals surface area contributed by atoms with Gasteiger partial charge in [-0.05, 0) is 35.9 Å². The average Bonchev–Trinajstić information content (AvgIpc) is 2.54. The van der Waals surface area contributed by atoms with Crippen molar-refractivity contribution in [3.8, 4) is 0 Å². The van der Waals surface area contributed by atoms with Gasteiger partial charge >= 0.3 is 0 Å². The minimum Gasteiger partial charge on any atom is -0.206 e. The molecule has 0 unspecified atom stereocenters. The third-order valence-corrected chi connectivity index (χ3v) is 6.94. The van der Waals surface area contributed by atoms with E-state index in [-0.39, 0.29) is 9.79 Å². The van der Waals surface area contributed by atoms with Crippen molar-refractivity contribution < 1.29 is 16.8 Å². The van der Waals surface area contributed by atoms with Gasteiger partial charge in [0.05, 0.1) is 9.79 Å². The second-order valence-electron chi connectivity index (χ2n) is 4.76. The van der Waals surface area contributed by atoms with Gasteiger partial charge in [-0.2, -0.15) is 0 Å². The zero-order chi connectivity index (χ0) is 18.0. The molecule has 2 aromatic rings. The maximum Gasteiger partial charge on any atom is 0.257 e. The summed E-state index contributed by atoms with van der Waals surface area (Å²) >= 11 is 3.21. The van der Waals surface area contributed by atoms with E-state index in [2.05, 4.69) is 27.3 Å². The van der Waals surface area contributed by atoms with Crippen LogP contribution in [0.2, 0.25) is 0 Å². The van der Waals surface area contributed by atoms with Gasteiger partial charge in [0.15, 0.2) is 0 Å². The molecule has 128 valence electrons. The molecule has 2 aromatic carbocycles. The SMILES string of the molecule is C=Cc1ccccc1S(=O)(=O)N(C)NS(=O)(=O)c1ccc(Br)cc1. The summed E-state index contributed by atoms with van der Waals surface area (Å²) in [6.45, 7) is 3.57. The van der Waals surface area contributed by atoms with Crippen LogP contribution in [0.4, 0.5) is 0 Å². The summed E-state index contributed by atoms with van der Waals surface area (Å²) < 4.78 is 51.2. The fraction of sp³-hybridized carbons (Fsp3) is 0.0667. The molecule has 0 saturated carbocycles. The standard InChI is InChI=1S/C15H15BrN2O4S2/c1-3-12-6-4-5-7-15(12)24(21,22)18(2)17-23(19,20)14-10-8-13(16)9-11-14/h3-11,17H,1H2,2H3. The van der Waals surface area contributed by atoms with E-state index in [1.807, 2.05) is 0 Å². The van der Waals surface area contributed by atoms with Gasteiger partial charge in [0, 0.05) is 11.5 Å². The molecule has 0 spiro atoms.